The number of non-ortho nitro benzene ring substituents is 2. The summed E-state index contributed by atoms with van der Waals surface area (Å²) in [4.78, 5) is 54.9. The number of carbonyl (C=O) groups excluding carboxylic acids is 2. The molecule has 0 saturated carbocycles. The number of anilines is 2. The number of hydrogen-bond acceptors (Lipinski definition) is 8. The molecular formula is C23H16N4O7. The van der Waals surface area contributed by atoms with Gasteiger partial charge < -0.3 is 0 Å². The third-order valence-electron chi connectivity index (χ3n) is 5.87. The van der Waals surface area contributed by atoms with Gasteiger partial charge in [-0.1, -0.05) is 30.3 Å². The molecule has 2 amide bonds. The summed E-state index contributed by atoms with van der Waals surface area (Å²) in [5.74, 6) is -2.15. The van der Waals surface area contributed by atoms with Gasteiger partial charge in [-0.05, 0) is 29.8 Å². The number of benzene rings is 3. The number of amides is 2. The van der Waals surface area contributed by atoms with Crippen LogP contribution in [0.15, 0.2) is 78.9 Å². The SMILES string of the molecule is O=C1[C@H]2[C@@H](c3cccc([N+](=O)[O-])c3)N(c3ccccc3)O[C@H]2C(=O)N1c1ccc([N+](=O)[O-])cc1. The molecule has 2 aliphatic heterocycles. The van der Waals surface area contributed by atoms with Crippen molar-refractivity contribution in [2.45, 2.75) is 12.1 Å². The quantitative estimate of drug-likeness (QED) is 0.320. The molecule has 11 heteroatoms. The van der Waals surface area contributed by atoms with Gasteiger partial charge in [0.1, 0.15) is 5.92 Å². The summed E-state index contributed by atoms with van der Waals surface area (Å²) in [7, 11) is 0. The molecule has 170 valence electrons. The fourth-order valence-electron chi connectivity index (χ4n) is 4.35. The number of fused-ring (bicyclic) bond motifs is 1. The van der Waals surface area contributed by atoms with Crippen molar-refractivity contribution < 1.29 is 24.3 Å². The van der Waals surface area contributed by atoms with Gasteiger partial charge in [-0.15, -0.1) is 0 Å². The molecule has 0 N–H and O–H groups in total. The van der Waals surface area contributed by atoms with E-state index in [0.717, 1.165) is 4.90 Å². The van der Waals surface area contributed by atoms with Crippen LogP contribution < -0.4 is 9.96 Å². The fraction of sp³-hybridized carbons (Fsp3) is 0.130. The van der Waals surface area contributed by atoms with Gasteiger partial charge >= 0.3 is 0 Å². The van der Waals surface area contributed by atoms with Gasteiger partial charge in [0, 0.05) is 24.3 Å². The molecule has 3 aromatic rings. The molecule has 0 spiro atoms. The van der Waals surface area contributed by atoms with Crippen LogP contribution in [-0.4, -0.2) is 27.8 Å². The van der Waals surface area contributed by atoms with Crippen molar-refractivity contribution in [2.24, 2.45) is 5.92 Å². The number of hydroxylamine groups is 1. The number of rotatable bonds is 5. The van der Waals surface area contributed by atoms with Gasteiger partial charge in [0.05, 0.1) is 27.3 Å². The predicted molar refractivity (Wildman–Crippen MR) is 119 cm³/mol. The van der Waals surface area contributed by atoms with Crippen molar-refractivity contribution in [3.05, 3.63) is 105 Å². The van der Waals surface area contributed by atoms with Gasteiger partial charge in [-0.3, -0.25) is 34.7 Å². The lowest BCUT2D eigenvalue weighted by Gasteiger charge is -2.28. The Hall–Kier alpha value is -4.64. The van der Waals surface area contributed by atoms with Crippen molar-refractivity contribution in [2.75, 3.05) is 9.96 Å². The smallest absolute Gasteiger partial charge is 0.269 e. The number of imide groups is 1. The standard InChI is InChI=1S/C23H16N4O7/c28-22-19-20(14-5-4-8-18(13-14)27(32)33)25(16-6-2-1-3-7-16)34-21(19)23(29)24(22)15-9-11-17(12-10-15)26(30)31/h1-13,19-21H/t19-,20+,21+/m0/s1. The van der Waals surface area contributed by atoms with Gasteiger partial charge in [0.25, 0.3) is 17.3 Å². The average Bonchev–Trinajstić information content (AvgIpc) is 3.35. The van der Waals surface area contributed by atoms with Crippen molar-refractivity contribution in [3.63, 3.8) is 0 Å². The van der Waals surface area contributed by atoms with Crippen molar-refractivity contribution >= 4 is 34.6 Å². The van der Waals surface area contributed by atoms with E-state index in [1.807, 2.05) is 0 Å². The molecule has 2 heterocycles. The summed E-state index contributed by atoms with van der Waals surface area (Å²) in [6.07, 6.45) is -1.16. The molecule has 2 aliphatic rings. The Kier molecular flexibility index (Phi) is 5.02. The maximum atomic E-state index is 13.5. The predicted octanol–water partition coefficient (Wildman–Crippen LogP) is 3.55. The van der Waals surface area contributed by atoms with Crippen LogP contribution in [0.25, 0.3) is 0 Å². The maximum absolute atomic E-state index is 13.5. The van der Waals surface area contributed by atoms with Crippen LogP contribution >= 0.6 is 0 Å². The van der Waals surface area contributed by atoms with E-state index in [1.54, 1.807) is 36.4 Å². The average molecular weight is 460 g/mol. The van der Waals surface area contributed by atoms with Crippen LogP contribution in [0.5, 0.6) is 0 Å². The Morgan fingerprint density at radius 2 is 1.41 bits per heavy atom. The lowest BCUT2D eigenvalue weighted by molar-refractivity contribution is -0.385. The summed E-state index contributed by atoms with van der Waals surface area (Å²) in [6.45, 7) is 0. The summed E-state index contributed by atoms with van der Waals surface area (Å²) in [5, 5.41) is 23.8. The second kappa shape index (κ2) is 8.05. The van der Waals surface area contributed by atoms with Gasteiger partial charge in [-0.25, -0.2) is 9.96 Å². The molecule has 0 aliphatic carbocycles. The van der Waals surface area contributed by atoms with Crippen LogP contribution in [0.2, 0.25) is 0 Å². The molecule has 2 fully saturated rings. The zero-order valence-electron chi connectivity index (χ0n) is 17.4. The van der Waals surface area contributed by atoms with E-state index in [1.165, 1.54) is 47.5 Å². The van der Waals surface area contributed by atoms with Crippen LogP contribution in [0, 0.1) is 26.1 Å². The normalized spacial score (nSPS) is 21.6. The Bertz CT molecular complexity index is 1310. The number of para-hydroxylation sites is 1. The third kappa shape index (κ3) is 3.35. The Labute approximate surface area is 192 Å². The zero-order chi connectivity index (χ0) is 24.0. The molecular weight excluding hydrogens is 444 g/mol. The molecule has 2 saturated heterocycles. The van der Waals surface area contributed by atoms with E-state index in [0.29, 0.717) is 11.3 Å². The largest absolute Gasteiger partial charge is 0.273 e. The molecule has 3 atom stereocenters. The first kappa shape index (κ1) is 21.2. The highest BCUT2D eigenvalue weighted by molar-refractivity contribution is 6.24. The fourth-order valence-corrected chi connectivity index (χ4v) is 4.35. The highest BCUT2D eigenvalue weighted by Gasteiger charge is 2.60. The summed E-state index contributed by atoms with van der Waals surface area (Å²) in [5.41, 5.74) is 0.873. The van der Waals surface area contributed by atoms with Crippen LogP contribution in [-0.2, 0) is 14.4 Å². The van der Waals surface area contributed by atoms with E-state index < -0.39 is 39.7 Å². The minimum atomic E-state index is -1.16. The molecule has 0 aromatic heterocycles. The van der Waals surface area contributed by atoms with Crippen LogP contribution in [0.4, 0.5) is 22.7 Å². The van der Waals surface area contributed by atoms with Gasteiger partial charge in [0.15, 0.2) is 6.10 Å². The number of nitro groups is 2. The van der Waals surface area contributed by atoms with E-state index in [9.17, 15) is 29.8 Å². The highest BCUT2D eigenvalue weighted by atomic mass is 16.7. The Balaban J connectivity index is 1.57. The molecule has 0 unspecified atom stereocenters. The molecule has 5 rings (SSSR count). The minimum absolute atomic E-state index is 0.155. The molecule has 11 nitrogen and oxygen atoms in total. The second-order valence-corrected chi connectivity index (χ2v) is 7.80. The van der Waals surface area contributed by atoms with Gasteiger partial charge in [-0.2, -0.15) is 0 Å². The van der Waals surface area contributed by atoms with Gasteiger partial charge in [0.2, 0.25) is 5.91 Å². The second-order valence-electron chi connectivity index (χ2n) is 7.80. The van der Waals surface area contributed by atoms with E-state index >= 15 is 0 Å². The van der Waals surface area contributed by atoms with E-state index in [-0.39, 0.29) is 17.1 Å². The Morgan fingerprint density at radius 1 is 0.735 bits per heavy atom. The van der Waals surface area contributed by atoms with E-state index in [4.69, 9.17) is 4.84 Å². The minimum Gasteiger partial charge on any atom is -0.273 e. The third-order valence-corrected chi connectivity index (χ3v) is 5.87. The van der Waals surface area contributed by atoms with Crippen molar-refractivity contribution in [1.29, 1.82) is 0 Å². The highest BCUT2D eigenvalue weighted by Crippen LogP contribution is 2.48. The first-order valence-electron chi connectivity index (χ1n) is 10.2. The summed E-state index contributed by atoms with van der Waals surface area (Å²) < 4.78 is 0. The number of nitrogens with zero attached hydrogens (tertiary/aromatic N) is 4. The number of carbonyl (C=O) groups is 2. The first-order chi connectivity index (χ1) is 16.4. The summed E-state index contributed by atoms with van der Waals surface area (Å²) in [6, 6.07) is 18.9. The molecule has 3 aromatic carbocycles. The number of nitro benzene ring substituents is 2. The van der Waals surface area contributed by atoms with E-state index in [2.05, 4.69) is 0 Å². The molecule has 0 radical (unpaired) electrons. The summed E-state index contributed by atoms with van der Waals surface area (Å²) >= 11 is 0. The van der Waals surface area contributed by atoms with Crippen LogP contribution in [0.1, 0.15) is 11.6 Å². The lowest BCUT2D eigenvalue weighted by Crippen LogP contribution is -2.37. The maximum Gasteiger partial charge on any atom is 0.269 e. The van der Waals surface area contributed by atoms with Crippen molar-refractivity contribution in [1.82, 2.24) is 0 Å². The van der Waals surface area contributed by atoms with Crippen molar-refractivity contribution in [3.8, 4) is 0 Å². The molecule has 0 bridgehead atoms. The Morgan fingerprint density at radius 3 is 2.06 bits per heavy atom. The monoisotopic (exact) mass is 460 g/mol. The first-order valence-corrected chi connectivity index (χ1v) is 10.2. The number of hydrogen-bond donors (Lipinski definition) is 0. The van der Waals surface area contributed by atoms with Crippen LogP contribution in [0.3, 0.4) is 0 Å². The zero-order valence-corrected chi connectivity index (χ0v) is 17.4. The molecule has 34 heavy (non-hydrogen) atoms. The topological polar surface area (TPSA) is 136 Å². The lowest BCUT2D eigenvalue weighted by atomic mass is 9.90.